The first-order valence-corrected chi connectivity index (χ1v) is 5.43. The van der Waals surface area contributed by atoms with Gasteiger partial charge in [0.05, 0.1) is 5.54 Å². The molecule has 1 atom stereocenters. The van der Waals surface area contributed by atoms with Crippen molar-refractivity contribution in [3.8, 4) is 12.3 Å². The van der Waals surface area contributed by atoms with Gasteiger partial charge in [-0.1, -0.05) is 18.1 Å². The number of hydrogen-bond acceptors (Lipinski definition) is 1. The fourth-order valence-corrected chi connectivity index (χ4v) is 1.68. The second kappa shape index (κ2) is 5.14. The van der Waals surface area contributed by atoms with E-state index in [1.54, 1.807) is 12.1 Å². The summed E-state index contributed by atoms with van der Waals surface area (Å²) in [4.78, 5) is 0. The Morgan fingerprint density at radius 1 is 1.38 bits per heavy atom. The molecule has 2 heteroatoms. The Balaban J connectivity index is 2.55. The predicted octanol–water partition coefficient (Wildman–Crippen LogP) is 2.76. The molecule has 16 heavy (non-hydrogen) atoms. The summed E-state index contributed by atoms with van der Waals surface area (Å²) in [6, 6.07) is 6.83. The molecule has 0 aromatic heterocycles. The highest BCUT2D eigenvalue weighted by Crippen LogP contribution is 2.08. The Bertz CT molecular complexity index is 373. The van der Waals surface area contributed by atoms with Crippen LogP contribution in [0.1, 0.15) is 26.3 Å². The van der Waals surface area contributed by atoms with Crippen molar-refractivity contribution in [3.05, 3.63) is 35.6 Å². The molecule has 0 saturated heterocycles. The molecule has 0 heterocycles. The van der Waals surface area contributed by atoms with Crippen LogP contribution in [-0.4, -0.2) is 11.6 Å². The van der Waals surface area contributed by atoms with Crippen LogP contribution in [0.15, 0.2) is 24.3 Å². The third kappa shape index (κ3) is 4.04. The van der Waals surface area contributed by atoms with Gasteiger partial charge in [-0.3, -0.25) is 5.32 Å². The standard InChI is InChI=1S/C14H18FN/c1-5-14(3,4)16-11(2)10-12-6-8-13(15)9-7-12/h1,6-9,11,16H,10H2,2-4H3. The Kier molecular flexibility index (Phi) is 4.09. The number of hydrogen-bond donors (Lipinski definition) is 1. The molecule has 0 amide bonds. The average molecular weight is 219 g/mol. The Morgan fingerprint density at radius 3 is 2.44 bits per heavy atom. The van der Waals surface area contributed by atoms with E-state index in [1.807, 2.05) is 13.8 Å². The third-order valence-corrected chi connectivity index (χ3v) is 2.42. The van der Waals surface area contributed by atoms with Gasteiger partial charge in [0.1, 0.15) is 5.82 Å². The maximum atomic E-state index is 12.7. The van der Waals surface area contributed by atoms with E-state index in [0.717, 1.165) is 12.0 Å². The van der Waals surface area contributed by atoms with E-state index < -0.39 is 0 Å². The Hall–Kier alpha value is -1.33. The van der Waals surface area contributed by atoms with Crippen molar-refractivity contribution in [2.45, 2.75) is 38.8 Å². The topological polar surface area (TPSA) is 12.0 Å². The fraction of sp³-hybridized carbons (Fsp3) is 0.429. The van der Waals surface area contributed by atoms with Gasteiger partial charge < -0.3 is 0 Å². The minimum Gasteiger partial charge on any atom is -0.299 e. The first kappa shape index (κ1) is 12.7. The van der Waals surface area contributed by atoms with E-state index in [9.17, 15) is 4.39 Å². The largest absolute Gasteiger partial charge is 0.299 e. The van der Waals surface area contributed by atoms with Crippen LogP contribution in [-0.2, 0) is 6.42 Å². The van der Waals surface area contributed by atoms with E-state index in [2.05, 4.69) is 18.2 Å². The fourth-order valence-electron chi connectivity index (χ4n) is 1.68. The molecule has 1 unspecified atom stereocenters. The summed E-state index contributed by atoms with van der Waals surface area (Å²) in [5.41, 5.74) is 0.800. The quantitative estimate of drug-likeness (QED) is 0.768. The van der Waals surface area contributed by atoms with Crippen molar-refractivity contribution in [3.63, 3.8) is 0 Å². The van der Waals surface area contributed by atoms with Crippen molar-refractivity contribution in [1.82, 2.24) is 5.32 Å². The van der Waals surface area contributed by atoms with E-state index in [0.29, 0.717) is 0 Å². The summed E-state index contributed by atoms with van der Waals surface area (Å²) < 4.78 is 12.7. The lowest BCUT2D eigenvalue weighted by atomic mass is 10.0. The predicted molar refractivity (Wildman–Crippen MR) is 65.6 cm³/mol. The smallest absolute Gasteiger partial charge is 0.123 e. The summed E-state index contributed by atoms with van der Waals surface area (Å²) in [5, 5.41) is 3.34. The van der Waals surface area contributed by atoms with E-state index in [1.165, 1.54) is 12.1 Å². The molecule has 0 radical (unpaired) electrons. The van der Waals surface area contributed by atoms with Gasteiger partial charge in [0, 0.05) is 6.04 Å². The Morgan fingerprint density at radius 2 is 1.94 bits per heavy atom. The summed E-state index contributed by atoms with van der Waals surface area (Å²) in [7, 11) is 0. The lowest BCUT2D eigenvalue weighted by molar-refractivity contribution is 0.420. The molecule has 0 spiro atoms. The molecule has 86 valence electrons. The number of halogens is 1. The molecular formula is C14H18FN. The summed E-state index contributed by atoms with van der Waals surface area (Å²) >= 11 is 0. The lowest BCUT2D eigenvalue weighted by Gasteiger charge is -2.25. The molecule has 0 aliphatic rings. The van der Waals surface area contributed by atoms with Crippen LogP contribution in [0.2, 0.25) is 0 Å². The van der Waals surface area contributed by atoms with Crippen LogP contribution >= 0.6 is 0 Å². The first-order chi connectivity index (χ1) is 7.43. The van der Waals surface area contributed by atoms with Crippen LogP contribution in [0.4, 0.5) is 4.39 Å². The van der Waals surface area contributed by atoms with Crippen LogP contribution in [0.5, 0.6) is 0 Å². The maximum Gasteiger partial charge on any atom is 0.123 e. The number of terminal acetylenes is 1. The highest BCUT2D eigenvalue weighted by Gasteiger charge is 2.16. The second-order valence-electron chi connectivity index (χ2n) is 4.65. The second-order valence-corrected chi connectivity index (χ2v) is 4.65. The van der Waals surface area contributed by atoms with Gasteiger partial charge >= 0.3 is 0 Å². The highest BCUT2D eigenvalue weighted by atomic mass is 19.1. The van der Waals surface area contributed by atoms with Crippen LogP contribution in [0.25, 0.3) is 0 Å². The zero-order valence-corrected chi connectivity index (χ0v) is 10.0. The zero-order valence-electron chi connectivity index (χ0n) is 10.0. The van der Waals surface area contributed by atoms with Gasteiger partial charge in [-0.2, -0.15) is 0 Å². The molecule has 1 nitrogen and oxygen atoms in total. The van der Waals surface area contributed by atoms with Crippen LogP contribution in [0.3, 0.4) is 0 Å². The van der Waals surface area contributed by atoms with Crippen molar-refractivity contribution in [2.24, 2.45) is 0 Å². The monoisotopic (exact) mass is 219 g/mol. The molecule has 1 aromatic rings. The van der Waals surface area contributed by atoms with E-state index in [-0.39, 0.29) is 17.4 Å². The van der Waals surface area contributed by atoms with Gasteiger partial charge in [-0.15, -0.1) is 6.42 Å². The minimum atomic E-state index is -0.306. The van der Waals surface area contributed by atoms with Gasteiger partial charge in [-0.25, -0.2) is 4.39 Å². The molecule has 1 aromatic carbocycles. The van der Waals surface area contributed by atoms with Crippen LogP contribution < -0.4 is 5.32 Å². The number of benzene rings is 1. The van der Waals surface area contributed by atoms with Gasteiger partial charge in [-0.05, 0) is 44.9 Å². The highest BCUT2D eigenvalue weighted by molar-refractivity contribution is 5.17. The third-order valence-electron chi connectivity index (χ3n) is 2.42. The molecule has 0 bridgehead atoms. The Labute approximate surface area is 97.1 Å². The van der Waals surface area contributed by atoms with Gasteiger partial charge in [0.15, 0.2) is 0 Å². The van der Waals surface area contributed by atoms with E-state index in [4.69, 9.17) is 6.42 Å². The van der Waals surface area contributed by atoms with Gasteiger partial charge in [0.2, 0.25) is 0 Å². The number of nitrogens with one attached hydrogen (secondary N) is 1. The van der Waals surface area contributed by atoms with Crippen molar-refractivity contribution >= 4 is 0 Å². The van der Waals surface area contributed by atoms with Crippen LogP contribution in [0, 0.1) is 18.2 Å². The molecule has 1 rings (SSSR count). The van der Waals surface area contributed by atoms with Crippen molar-refractivity contribution in [2.75, 3.05) is 0 Å². The van der Waals surface area contributed by atoms with Crippen molar-refractivity contribution in [1.29, 1.82) is 0 Å². The first-order valence-electron chi connectivity index (χ1n) is 5.43. The zero-order chi connectivity index (χ0) is 12.2. The normalized spacial score (nSPS) is 13.2. The average Bonchev–Trinajstić information content (AvgIpc) is 2.21. The molecule has 0 saturated carbocycles. The molecule has 0 aliphatic carbocycles. The summed E-state index contributed by atoms with van der Waals surface area (Å²) in [6.45, 7) is 6.00. The van der Waals surface area contributed by atoms with Gasteiger partial charge in [0.25, 0.3) is 0 Å². The SMILES string of the molecule is C#CC(C)(C)NC(C)Cc1ccc(F)cc1. The van der Waals surface area contributed by atoms with Crippen molar-refractivity contribution < 1.29 is 4.39 Å². The maximum absolute atomic E-state index is 12.7. The van der Waals surface area contributed by atoms with E-state index >= 15 is 0 Å². The number of rotatable bonds is 4. The summed E-state index contributed by atoms with van der Waals surface area (Å²) in [6.07, 6.45) is 6.24. The molecule has 1 N–H and O–H groups in total. The molecular weight excluding hydrogens is 201 g/mol. The summed E-state index contributed by atoms with van der Waals surface area (Å²) in [5.74, 6) is 2.50. The molecule has 0 fully saturated rings. The minimum absolute atomic E-state index is 0.201. The lowest BCUT2D eigenvalue weighted by Crippen LogP contribution is -2.44. The molecule has 0 aliphatic heterocycles.